The number of amides is 1. The van der Waals surface area contributed by atoms with Crippen LogP contribution in [0.25, 0.3) is 11.4 Å². The number of hydrogen-bond donors (Lipinski definition) is 1. The van der Waals surface area contributed by atoms with Gasteiger partial charge in [0, 0.05) is 17.0 Å². The van der Waals surface area contributed by atoms with E-state index in [1.807, 2.05) is 36.1 Å². The predicted molar refractivity (Wildman–Crippen MR) is 106 cm³/mol. The maximum absolute atomic E-state index is 13.0. The van der Waals surface area contributed by atoms with Crippen LogP contribution in [0.2, 0.25) is 0 Å². The van der Waals surface area contributed by atoms with E-state index in [-0.39, 0.29) is 18.5 Å². The Kier molecular flexibility index (Phi) is 4.74. The fraction of sp³-hybridized carbons (Fsp3) is 0.316. The Morgan fingerprint density at radius 1 is 1.38 bits per heavy atom. The van der Waals surface area contributed by atoms with Gasteiger partial charge in [0.1, 0.15) is 6.54 Å². The molecular formula is C19H20N4OS2. The summed E-state index contributed by atoms with van der Waals surface area (Å²) in [5.41, 5.74) is 2.10. The molecule has 1 unspecified atom stereocenters. The number of H-pyrrole nitrogens is 1. The van der Waals surface area contributed by atoms with Gasteiger partial charge in [-0.1, -0.05) is 29.8 Å². The number of aromatic amines is 1. The zero-order chi connectivity index (χ0) is 18.1. The second-order valence-corrected chi connectivity index (χ2v) is 7.93. The van der Waals surface area contributed by atoms with Crippen molar-refractivity contribution in [1.29, 1.82) is 0 Å². The highest BCUT2D eigenvalue weighted by Crippen LogP contribution is 2.34. The molecule has 26 heavy (non-hydrogen) atoms. The van der Waals surface area contributed by atoms with Crippen LogP contribution in [0, 0.1) is 11.7 Å². The van der Waals surface area contributed by atoms with Crippen molar-refractivity contribution in [3.8, 4) is 11.4 Å². The highest BCUT2D eigenvalue weighted by Gasteiger charge is 2.31. The second kappa shape index (κ2) is 7.17. The maximum Gasteiger partial charge on any atom is 0.243 e. The molecule has 0 bridgehead atoms. The molecule has 1 aliphatic heterocycles. The minimum absolute atomic E-state index is 0.0901. The summed E-state index contributed by atoms with van der Waals surface area (Å²) < 4.78 is 2.28. The number of nitrogens with one attached hydrogen (secondary N) is 1. The van der Waals surface area contributed by atoms with Crippen molar-refractivity contribution in [3.05, 3.63) is 57.0 Å². The van der Waals surface area contributed by atoms with Crippen LogP contribution in [0.3, 0.4) is 0 Å². The molecule has 0 aliphatic carbocycles. The van der Waals surface area contributed by atoms with E-state index in [2.05, 4.69) is 27.7 Å². The van der Waals surface area contributed by atoms with Gasteiger partial charge in [-0.15, -0.1) is 11.3 Å². The van der Waals surface area contributed by atoms with E-state index in [9.17, 15) is 4.79 Å². The molecule has 3 heterocycles. The molecule has 7 heteroatoms. The largest absolute Gasteiger partial charge is 0.333 e. The average Bonchev–Trinajstić information content (AvgIpc) is 3.35. The zero-order valence-electron chi connectivity index (χ0n) is 14.5. The molecule has 2 aromatic heterocycles. The van der Waals surface area contributed by atoms with Crippen LogP contribution in [0.15, 0.2) is 41.8 Å². The van der Waals surface area contributed by atoms with E-state index >= 15 is 0 Å². The van der Waals surface area contributed by atoms with Gasteiger partial charge in [-0.05, 0) is 49.5 Å². The molecule has 1 amide bonds. The number of carbonyl (C=O) groups is 1. The summed E-state index contributed by atoms with van der Waals surface area (Å²) in [6, 6.07) is 12.4. The summed E-state index contributed by atoms with van der Waals surface area (Å²) in [5, 5.41) is 9.26. The van der Waals surface area contributed by atoms with Gasteiger partial charge >= 0.3 is 0 Å². The summed E-state index contributed by atoms with van der Waals surface area (Å²) in [6.45, 7) is 3.04. The van der Waals surface area contributed by atoms with E-state index < -0.39 is 0 Å². The number of aryl methyl sites for hydroxylation is 1. The van der Waals surface area contributed by atoms with Gasteiger partial charge in [-0.25, -0.2) is 0 Å². The summed E-state index contributed by atoms with van der Waals surface area (Å²) in [4.78, 5) is 16.3. The van der Waals surface area contributed by atoms with Gasteiger partial charge in [0.25, 0.3) is 0 Å². The number of rotatable bonds is 4. The van der Waals surface area contributed by atoms with Crippen LogP contribution >= 0.6 is 23.6 Å². The lowest BCUT2D eigenvalue weighted by molar-refractivity contribution is -0.132. The Labute approximate surface area is 161 Å². The lowest BCUT2D eigenvalue weighted by Crippen LogP contribution is -2.33. The highest BCUT2D eigenvalue weighted by molar-refractivity contribution is 7.71. The standard InChI is InChI=1S/C19H20N4OS2/c1-13-5-2-6-14(11-13)18-20-21-19(25)23(18)12-17(24)22-9-3-7-15(22)16-8-4-10-26-16/h2,4-6,8,10-11,15H,3,7,9,12H2,1H3,(H,21,25). The molecule has 0 spiro atoms. The molecular weight excluding hydrogens is 364 g/mol. The van der Waals surface area contributed by atoms with E-state index in [4.69, 9.17) is 12.2 Å². The van der Waals surface area contributed by atoms with Crippen molar-refractivity contribution in [2.24, 2.45) is 0 Å². The van der Waals surface area contributed by atoms with E-state index in [0.717, 1.165) is 30.5 Å². The first kappa shape index (κ1) is 17.2. The van der Waals surface area contributed by atoms with Crippen LogP contribution in [0.1, 0.15) is 29.3 Å². The fourth-order valence-corrected chi connectivity index (χ4v) is 4.61. The molecule has 4 rings (SSSR count). The fourth-order valence-electron chi connectivity index (χ4n) is 3.54. The Balaban J connectivity index is 1.61. The Morgan fingerprint density at radius 2 is 2.27 bits per heavy atom. The zero-order valence-corrected chi connectivity index (χ0v) is 16.1. The number of benzene rings is 1. The van der Waals surface area contributed by atoms with E-state index in [1.54, 1.807) is 15.9 Å². The Hall–Kier alpha value is -2.25. The first-order chi connectivity index (χ1) is 12.6. The normalized spacial score (nSPS) is 17.0. The van der Waals surface area contributed by atoms with Crippen LogP contribution in [-0.4, -0.2) is 32.1 Å². The van der Waals surface area contributed by atoms with Crippen LogP contribution in [0.4, 0.5) is 0 Å². The van der Waals surface area contributed by atoms with Crippen molar-refractivity contribution in [1.82, 2.24) is 19.7 Å². The lowest BCUT2D eigenvalue weighted by atomic mass is 10.1. The SMILES string of the molecule is Cc1cccc(-c2n[nH]c(=S)n2CC(=O)N2CCCC2c2cccs2)c1. The van der Waals surface area contributed by atoms with Gasteiger partial charge in [0.2, 0.25) is 5.91 Å². The Bertz CT molecular complexity index is 974. The summed E-state index contributed by atoms with van der Waals surface area (Å²) in [7, 11) is 0. The molecule has 1 fully saturated rings. The van der Waals surface area contributed by atoms with Gasteiger partial charge < -0.3 is 4.90 Å². The van der Waals surface area contributed by atoms with Gasteiger partial charge in [-0.3, -0.25) is 14.5 Å². The van der Waals surface area contributed by atoms with Gasteiger partial charge in [-0.2, -0.15) is 5.10 Å². The smallest absolute Gasteiger partial charge is 0.243 e. The summed E-state index contributed by atoms with van der Waals surface area (Å²) in [6.07, 6.45) is 2.06. The van der Waals surface area contributed by atoms with Gasteiger partial charge in [0.15, 0.2) is 10.6 Å². The molecule has 1 atom stereocenters. The average molecular weight is 385 g/mol. The minimum Gasteiger partial charge on any atom is -0.333 e. The van der Waals surface area contributed by atoms with Crippen molar-refractivity contribution in [2.75, 3.05) is 6.54 Å². The van der Waals surface area contributed by atoms with Crippen molar-refractivity contribution in [3.63, 3.8) is 0 Å². The molecule has 134 valence electrons. The van der Waals surface area contributed by atoms with Crippen LogP contribution in [0.5, 0.6) is 0 Å². The Morgan fingerprint density at radius 3 is 3.04 bits per heavy atom. The monoisotopic (exact) mass is 384 g/mol. The third kappa shape index (κ3) is 3.24. The first-order valence-corrected chi connectivity index (χ1v) is 9.97. The second-order valence-electron chi connectivity index (χ2n) is 6.57. The van der Waals surface area contributed by atoms with Crippen molar-refractivity contribution < 1.29 is 4.79 Å². The van der Waals surface area contributed by atoms with Gasteiger partial charge in [0.05, 0.1) is 6.04 Å². The van der Waals surface area contributed by atoms with Crippen molar-refractivity contribution in [2.45, 2.75) is 32.4 Å². The quantitative estimate of drug-likeness (QED) is 0.681. The molecule has 0 saturated carbocycles. The minimum atomic E-state index is 0.0901. The maximum atomic E-state index is 13.0. The molecule has 5 nitrogen and oxygen atoms in total. The molecule has 1 N–H and O–H groups in total. The van der Waals surface area contributed by atoms with Crippen molar-refractivity contribution >= 4 is 29.5 Å². The molecule has 3 aromatic rings. The number of hydrogen-bond acceptors (Lipinski definition) is 4. The predicted octanol–water partition coefficient (Wildman–Crippen LogP) is 4.34. The van der Waals surface area contributed by atoms with E-state index in [0.29, 0.717) is 10.6 Å². The van der Waals surface area contributed by atoms with Crippen LogP contribution in [-0.2, 0) is 11.3 Å². The third-order valence-electron chi connectivity index (χ3n) is 4.77. The molecule has 1 aliphatic rings. The topological polar surface area (TPSA) is 53.9 Å². The number of nitrogens with zero attached hydrogens (tertiary/aromatic N) is 3. The lowest BCUT2D eigenvalue weighted by Gasteiger charge is -2.24. The number of carbonyl (C=O) groups excluding carboxylic acids is 1. The molecule has 0 radical (unpaired) electrons. The highest BCUT2D eigenvalue weighted by atomic mass is 32.1. The summed E-state index contributed by atoms with van der Waals surface area (Å²) >= 11 is 7.10. The number of thiophene rings is 1. The van der Waals surface area contributed by atoms with Crippen LogP contribution < -0.4 is 0 Å². The number of aromatic nitrogens is 3. The molecule has 1 saturated heterocycles. The molecule has 1 aromatic carbocycles. The third-order valence-corrected chi connectivity index (χ3v) is 6.06. The van der Waals surface area contributed by atoms with E-state index in [1.165, 1.54) is 4.88 Å². The summed E-state index contributed by atoms with van der Waals surface area (Å²) in [5.74, 6) is 0.797. The first-order valence-electron chi connectivity index (χ1n) is 8.68. The number of likely N-dealkylation sites (tertiary alicyclic amines) is 1.